The largest absolute Gasteiger partial charge is 0.355 e. The molecule has 1 amide bonds. The van der Waals surface area contributed by atoms with Crippen LogP contribution >= 0.6 is 0 Å². The average Bonchev–Trinajstić information content (AvgIpc) is 3.23. The van der Waals surface area contributed by atoms with E-state index < -0.39 is 0 Å². The van der Waals surface area contributed by atoms with Crippen LogP contribution in [-0.2, 0) is 4.79 Å². The van der Waals surface area contributed by atoms with E-state index in [1.807, 2.05) is 0 Å². The van der Waals surface area contributed by atoms with Crippen LogP contribution in [0.3, 0.4) is 0 Å². The first-order valence-corrected chi connectivity index (χ1v) is 9.27. The van der Waals surface area contributed by atoms with Crippen molar-refractivity contribution in [3.63, 3.8) is 0 Å². The number of nitrogens with one attached hydrogen (secondary N) is 1. The van der Waals surface area contributed by atoms with Gasteiger partial charge in [-0.05, 0) is 28.7 Å². The second-order valence-corrected chi connectivity index (χ2v) is 7.24. The van der Waals surface area contributed by atoms with Gasteiger partial charge in [-0.25, -0.2) is 0 Å². The molecule has 1 unspecified atom stereocenters. The molecule has 2 saturated heterocycles. The van der Waals surface area contributed by atoms with Gasteiger partial charge in [-0.2, -0.15) is 0 Å². The highest BCUT2D eigenvalue weighted by atomic mass is 16.2. The van der Waals surface area contributed by atoms with Gasteiger partial charge in [0, 0.05) is 32.7 Å². The number of piperazine rings is 1. The van der Waals surface area contributed by atoms with Gasteiger partial charge in [0.2, 0.25) is 5.91 Å². The number of amides is 1. The SMILES string of the molecule is O=C1NCCC1N1CCN(C2c3ccccc3-c3ccccc32)CC1. The molecule has 0 bridgehead atoms. The average molecular weight is 333 g/mol. The van der Waals surface area contributed by atoms with Crippen molar-refractivity contribution in [3.05, 3.63) is 59.7 Å². The van der Waals surface area contributed by atoms with Gasteiger partial charge in [-0.1, -0.05) is 48.5 Å². The van der Waals surface area contributed by atoms with Gasteiger partial charge in [0.15, 0.2) is 0 Å². The molecule has 4 nitrogen and oxygen atoms in total. The number of carbonyl (C=O) groups excluding carboxylic acids is 1. The molecule has 1 N–H and O–H groups in total. The van der Waals surface area contributed by atoms with Crippen LogP contribution in [0.2, 0.25) is 0 Å². The molecule has 0 saturated carbocycles. The highest BCUT2D eigenvalue weighted by Crippen LogP contribution is 2.46. The summed E-state index contributed by atoms with van der Waals surface area (Å²) in [5.74, 6) is 0.213. The zero-order valence-corrected chi connectivity index (χ0v) is 14.3. The predicted octanol–water partition coefficient (Wildman–Crippen LogP) is 2.26. The Kier molecular flexibility index (Phi) is 3.61. The quantitative estimate of drug-likeness (QED) is 0.916. The Morgan fingerprint density at radius 2 is 1.36 bits per heavy atom. The van der Waals surface area contributed by atoms with Crippen molar-refractivity contribution in [2.75, 3.05) is 32.7 Å². The number of nitrogens with zero attached hydrogens (tertiary/aromatic N) is 2. The molecule has 0 aromatic heterocycles. The number of hydrogen-bond acceptors (Lipinski definition) is 3. The summed E-state index contributed by atoms with van der Waals surface area (Å²) >= 11 is 0. The van der Waals surface area contributed by atoms with Crippen molar-refractivity contribution in [1.82, 2.24) is 15.1 Å². The zero-order valence-electron chi connectivity index (χ0n) is 14.3. The third kappa shape index (κ3) is 2.40. The number of benzene rings is 2. The number of hydrogen-bond donors (Lipinski definition) is 1. The minimum atomic E-state index is 0.0882. The van der Waals surface area contributed by atoms with Gasteiger partial charge in [0.1, 0.15) is 0 Å². The number of rotatable bonds is 2. The third-order valence-electron chi connectivity index (χ3n) is 5.98. The molecule has 2 aromatic rings. The van der Waals surface area contributed by atoms with Gasteiger partial charge >= 0.3 is 0 Å². The number of fused-ring (bicyclic) bond motifs is 3. The smallest absolute Gasteiger partial charge is 0.237 e. The summed E-state index contributed by atoms with van der Waals surface area (Å²) in [7, 11) is 0. The van der Waals surface area contributed by atoms with Crippen LogP contribution in [0.5, 0.6) is 0 Å². The number of carbonyl (C=O) groups is 1. The maximum absolute atomic E-state index is 12.0. The minimum absolute atomic E-state index is 0.0882. The van der Waals surface area contributed by atoms with Gasteiger partial charge in [-0.15, -0.1) is 0 Å². The molecular formula is C21H23N3O. The van der Waals surface area contributed by atoms with Gasteiger partial charge in [0.05, 0.1) is 12.1 Å². The molecule has 2 aromatic carbocycles. The van der Waals surface area contributed by atoms with E-state index >= 15 is 0 Å². The van der Waals surface area contributed by atoms with E-state index in [2.05, 4.69) is 63.6 Å². The Balaban J connectivity index is 1.40. The lowest BCUT2D eigenvalue weighted by atomic mass is 10.0. The van der Waals surface area contributed by atoms with Crippen LogP contribution in [0.1, 0.15) is 23.6 Å². The van der Waals surface area contributed by atoms with Crippen LogP contribution in [0, 0.1) is 0 Å². The Morgan fingerprint density at radius 1 is 0.800 bits per heavy atom. The molecular weight excluding hydrogens is 310 g/mol. The predicted molar refractivity (Wildman–Crippen MR) is 98.3 cm³/mol. The normalized spacial score (nSPS) is 24.2. The Morgan fingerprint density at radius 3 is 1.92 bits per heavy atom. The fraction of sp³-hybridized carbons (Fsp3) is 0.381. The first-order chi connectivity index (χ1) is 12.3. The van der Waals surface area contributed by atoms with Gasteiger partial charge in [0.25, 0.3) is 0 Å². The Bertz CT molecular complexity index is 765. The lowest BCUT2D eigenvalue weighted by Crippen LogP contribution is -2.52. The Hall–Kier alpha value is -2.17. The summed E-state index contributed by atoms with van der Waals surface area (Å²) in [5.41, 5.74) is 5.60. The van der Waals surface area contributed by atoms with Crippen LogP contribution in [0.25, 0.3) is 11.1 Å². The highest BCUT2D eigenvalue weighted by Gasteiger charge is 2.37. The molecule has 1 aliphatic carbocycles. The molecule has 2 heterocycles. The van der Waals surface area contributed by atoms with E-state index in [9.17, 15) is 4.79 Å². The molecule has 4 heteroatoms. The molecule has 2 fully saturated rings. The first kappa shape index (κ1) is 15.1. The fourth-order valence-corrected chi connectivity index (χ4v) is 4.76. The van der Waals surface area contributed by atoms with Crippen LogP contribution in [0.4, 0.5) is 0 Å². The molecule has 0 radical (unpaired) electrons. The van der Waals surface area contributed by atoms with Crippen molar-refractivity contribution in [2.45, 2.75) is 18.5 Å². The highest BCUT2D eigenvalue weighted by molar-refractivity contribution is 5.83. The molecule has 25 heavy (non-hydrogen) atoms. The molecule has 5 rings (SSSR count). The van der Waals surface area contributed by atoms with Crippen molar-refractivity contribution >= 4 is 5.91 Å². The van der Waals surface area contributed by atoms with E-state index in [1.54, 1.807) is 0 Å². The van der Waals surface area contributed by atoms with E-state index in [1.165, 1.54) is 22.3 Å². The summed E-state index contributed by atoms with van der Waals surface area (Å²) < 4.78 is 0. The monoisotopic (exact) mass is 333 g/mol. The van der Waals surface area contributed by atoms with E-state index in [0.717, 1.165) is 39.1 Å². The van der Waals surface area contributed by atoms with Crippen LogP contribution in [-0.4, -0.2) is 54.5 Å². The molecule has 1 atom stereocenters. The summed E-state index contributed by atoms with van der Waals surface area (Å²) in [6.07, 6.45) is 0.952. The summed E-state index contributed by atoms with van der Waals surface area (Å²) in [6, 6.07) is 18.0. The summed E-state index contributed by atoms with van der Waals surface area (Å²) in [5, 5.41) is 2.97. The minimum Gasteiger partial charge on any atom is -0.355 e. The molecule has 128 valence electrons. The van der Waals surface area contributed by atoms with Crippen LogP contribution < -0.4 is 5.32 Å². The summed E-state index contributed by atoms with van der Waals surface area (Å²) in [6.45, 7) is 4.79. The van der Waals surface area contributed by atoms with Crippen LogP contribution in [0.15, 0.2) is 48.5 Å². The fourth-order valence-electron chi connectivity index (χ4n) is 4.76. The summed E-state index contributed by atoms with van der Waals surface area (Å²) in [4.78, 5) is 16.9. The lowest BCUT2D eigenvalue weighted by Gasteiger charge is -2.40. The van der Waals surface area contributed by atoms with Crippen molar-refractivity contribution in [1.29, 1.82) is 0 Å². The van der Waals surface area contributed by atoms with E-state index in [0.29, 0.717) is 6.04 Å². The second-order valence-electron chi connectivity index (χ2n) is 7.24. The zero-order chi connectivity index (χ0) is 16.8. The van der Waals surface area contributed by atoms with Gasteiger partial charge < -0.3 is 5.32 Å². The van der Waals surface area contributed by atoms with Crippen molar-refractivity contribution in [3.8, 4) is 11.1 Å². The lowest BCUT2D eigenvalue weighted by molar-refractivity contribution is -0.124. The maximum Gasteiger partial charge on any atom is 0.237 e. The topological polar surface area (TPSA) is 35.6 Å². The van der Waals surface area contributed by atoms with E-state index in [-0.39, 0.29) is 11.9 Å². The molecule has 0 spiro atoms. The van der Waals surface area contributed by atoms with Gasteiger partial charge in [-0.3, -0.25) is 14.6 Å². The third-order valence-corrected chi connectivity index (χ3v) is 5.98. The second kappa shape index (κ2) is 5.97. The van der Waals surface area contributed by atoms with Crippen molar-refractivity contribution in [2.24, 2.45) is 0 Å². The standard InChI is InChI=1S/C21H23N3O/c25-21-19(9-10-22-21)23-11-13-24(14-12-23)20-17-7-3-1-5-15(17)16-6-2-4-8-18(16)20/h1-8,19-20H,9-14H2,(H,22,25). The molecule has 3 aliphatic rings. The first-order valence-electron chi connectivity index (χ1n) is 9.27. The van der Waals surface area contributed by atoms with Crippen molar-refractivity contribution < 1.29 is 4.79 Å². The molecule has 2 aliphatic heterocycles. The van der Waals surface area contributed by atoms with E-state index in [4.69, 9.17) is 0 Å². The Labute approximate surface area is 148 Å². The maximum atomic E-state index is 12.0.